The highest BCUT2D eigenvalue weighted by atomic mass is 19.1. The first-order chi connectivity index (χ1) is 20.6. The Balaban J connectivity index is 1.32. The Labute approximate surface area is 245 Å². The zero-order chi connectivity index (χ0) is 30.3. The average molecular weight is 588 g/mol. The molecule has 1 atom stereocenters. The predicted molar refractivity (Wildman–Crippen MR) is 153 cm³/mol. The number of halogens is 3. The van der Waals surface area contributed by atoms with Crippen LogP contribution in [0.2, 0.25) is 0 Å². The van der Waals surface area contributed by atoms with Gasteiger partial charge in [0, 0.05) is 23.5 Å². The van der Waals surface area contributed by atoms with Gasteiger partial charge in [0.15, 0.2) is 0 Å². The van der Waals surface area contributed by atoms with Crippen LogP contribution < -0.4 is 4.74 Å². The maximum atomic E-state index is 15.6. The Morgan fingerprint density at radius 2 is 1.81 bits per heavy atom. The molecule has 2 aromatic heterocycles. The summed E-state index contributed by atoms with van der Waals surface area (Å²) in [6.07, 6.45) is -0.0268. The Hall–Kier alpha value is -4.70. The van der Waals surface area contributed by atoms with Gasteiger partial charge in [-0.2, -0.15) is 0 Å². The van der Waals surface area contributed by atoms with Crippen LogP contribution in [0.1, 0.15) is 47.2 Å². The molecule has 6 rings (SSSR count). The summed E-state index contributed by atoms with van der Waals surface area (Å²) in [4.78, 5) is 20.7. The third-order valence-corrected chi connectivity index (χ3v) is 7.76. The van der Waals surface area contributed by atoms with E-state index in [1.54, 1.807) is 42.5 Å². The van der Waals surface area contributed by atoms with Crippen LogP contribution in [-0.4, -0.2) is 38.8 Å². The molecular formula is C33H28F3N3O4. The molecule has 7 nitrogen and oxygen atoms in total. The van der Waals surface area contributed by atoms with E-state index in [1.165, 1.54) is 18.2 Å². The number of hydrogen-bond donors (Lipinski definition) is 1. The zero-order valence-corrected chi connectivity index (χ0v) is 23.5. The third-order valence-electron chi connectivity index (χ3n) is 7.76. The van der Waals surface area contributed by atoms with Crippen molar-refractivity contribution in [3.05, 3.63) is 113 Å². The number of imidazole rings is 1. The summed E-state index contributed by atoms with van der Waals surface area (Å²) >= 11 is 0. The smallest absolute Gasteiger partial charge is 0.335 e. The Bertz CT molecular complexity index is 1840. The van der Waals surface area contributed by atoms with Crippen LogP contribution in [-0.2, 0) is 17.8 Å². The molecule has 0 bridgehead atoms. The standard InChI is InChI=1S/C33H28F3N3O4/c1-33(2)18-42-17-29(33)39-28-13-20(32(40)41)8-11-27(28)37-30(39)14-21-12-25(36)23(15-24(21)35)26-4-3-5-31(38-26)43-16-19-6-9-22(34)10-7-19/h3-13,15,29H,14,16-18H2,1-2H3,(H,40,41)/t29-/m1/s1. The lowest BCUT2D eigenvalue weighted by atomic mass is 9.87. The molecule has 0 radical (unpaired) electrons. The molecule has 3 aromatic carbocycles. The number of carboxylic acid groups (broad SMARTS) is 1. The number of aromatic carboxylic acids is 1. The van der Waals surface area contributed by atoms with E-state index in [0.29, 0.717) is 30.1 Å². The van der Waals surface area contributed by atoms with Gasteiger partial charge in [0.25, 0.3) is 0 Å². The monoisotopic (exact) mass is 587 g/mol. The summed E-state index contributed by atoms with van der Waals surface area (Å²) in [5, 5.41) is 9.57. The lowest BCUT2D eigenvalue weighted by Crippen LogP contribution is -2.27. The fourth-order valence-electron chi connectivity index (χ4n) is 5.40. The lowest BCUT2D eigenvalue weighted by molar-refractivity contribution is 0.0697. The molecule has 0 unspecified atom stereocenters. The molecule has 1 fully saturated rings. The van der Waals surface area contributed by atoms with Crippen LogP contribution in [0, 0.1) is 22.9 Å². The first-order valence-corrected chi connectivity index (χ1v) is 13.7. The number of ether oxygens (including phenoxy) is 2. The van der Waals surface area contributed by atoms with Gasteiger partial charge < -0.3 is 19.1 Å². The number of fused-ring (bicyclic) bond motifs is 1. The van der Waals surface area contributed by atoms with Crippen LogP contribution in [0.3, 0.4) is 0 Å². The normalized spacial score (nSPS) is 16.1. The van der Waals surface area contributed by atoms with Gasteiger partial charge in [0.05, 0.1) is 41.5 Å². The van der Waals surface area contributed by atoms with E-state index < -0.39 is 17.6 Å². The lowest BCUT2D eigenvalue weighted by Gasteiger charge is -2.28. The van der Waals surface area contributed by atoms with Crippen molar-refractivity contribution < 1.29 is 32.5 Å². The molecule has 0 spiro atoms. The summed E-state index contributed by atoms with van der Waals surface area (Å²) in [5.74, 6) is -2.04. The van der Waals surface area contributed by atoms with E-state index in [1.807, 2.05) is 18.4 Å². The molecule has 43 heavy (non-hydrogen) atoms. The zero-order valence-electron chi connectivity index (χ0n) is 23.5. The van der Waals surface area contributed by atoms with E-state index in [4.69, 9.17) is 14.5 Å². The van der Waals surface area contributed by atoms with E-state index in [-0.39, 0.29) is 58.6 Å². The van der Waals surface area contributed by atoms with Gasteiger partial charge in [-0.1, -0.05) is 32.0 Å². The highest BCUT2D eigenvalue weighted by molar-refractivity contribution is 5.92. The number of nitrogens with zero attached hydrogens (tertiary/aromatic N) is 3. The van der Waals surface area contributed by atoms with E-state index in [0.717, 1.165) is 17.7 Å². The summed E-state index contributed by atoms with van der Waals surface area (Å²) in [6, 6.07) is 17.3. The fraction of sp³-hybridized carbons (Fsp3) is 0.242. The molecule has 10 heteroatoms. The maximum absolute atomic E-state index is 15.6. The van der Waals surface area contributed by atoms with Crippen molar-refractivity contribution in [2.24, 2.45) is 5.41 Å². The maximum Gasteiger partial charge on any atom is 0.335 e. The minimum Gasteiger partial charge on any atom is -0.478 e. The van der Waals surface area contributed by atoms with Crippen molar-refractivity contribution in [3.63, 3.8) is 0 Å². The molecule has 0 amide bonds. The molecule has 3 heterocycles. The highest BCUT2D eigenvalue weighted by Crippen LogP contribution is 2.40. The number of pyridine rings is 1. The SMILES string of the molecule is CC1(C)COC[C@H]1n1c(Cc2cc(F)c(-c3cccc(OCc4ccc(F)cc4)n3)cc2F)nc2ccc(C(=O)O)cc21. The third kappa shape index (κ3) is 5.70. The molecule has 220 valence electrons. The summed E-state index contributed by atoms with van der Waals surface area (Å²) in [5.41, 5.74) is 1.94. The summed E-state index contributed by atoms with van der Waals surface area (Å²) < 4.78 is 57.6. The molecule has 1 aliphatic rings. The van der Waals surface area contributed by atoms with E-state index in [2.05, 4.69) is 4.98 Å². The second kappa shape index (κ2) is 11.2. The number of rotatable bonds is 8. The first-order valence-electron chi connectivity index (χ1n) is 13.7. The van der Waals surface area contributed by atoms with Crippen molar-refractivity contribution in [2.75, 3.05) is 13.2 Å². The van der Waals surface area contributed by atoms with Crippen LogP contribution in [0.5, 0.6) is 5.88 Å². The van der Waals surface area contributed by atoms with E-state index in [9.17, 15) is 14.3 Å². The van der Waals surface area contributed by atoms with Gasteiger partial charge in [0.1, 0.15) is 29.9 Å². The minimum absolute atomic E-state index is 0.0268. The Morgan fingerprint density at radius 3 is 2.53 bits per heavy atom. The van der Waals surface area contributed by atoms with E-state index >= 15 is 8.78 Å². The van der Waals surface area contributed by atoms with Gasteiger partial charge >= 0.3 is 5.97 Å². The molecule has 1 saturated heterocycles. The van der Waals surface area contributed by atoms with Crippen LogP contribution >= 0.6 is 0 Å². The number of benzene rings is 3. The Morgan fingerprint density at radius 1 is 1.02 bits per heavy atom. The number of carboxylic acids is 1. The van der Waals surface area contributed by atoms with Crippen LogP contribution in [0.4, 0.5) is 13.2 Å². The van der Waals surface area contributed by atoms with Crippen molar-refractivity contribution in [3.8, 4) is 17.1 Å². The molecular weight excluding hydrogens is 559 g/mol. The topological polar surface area (TPSA) is 86.5 Å². The largest absolute Gasteiger partial charge is 0.478 e. The highest BCUT2D eigenvalue weighted by Gasteiger charge is 2.39. The number of carbonyl (C=O) groups is 1. The van der Waals surface area contributed by atoms with Gasteiger partial charge in [-0.05, 0) is 59.7 Å². The van der Waals surface area contributed by atoms with Gasteiger partial charge in [0.2, 0.25) is 5.88 Å². The summed E-state index contributed by atoms with van der Waals surface area (Å²) in [6.45, 7) is 5.09. The quantitative estimate of drug-likeness (QED) is 0.211. The number of hydrogen-bond acceptors (Lipinski definition) is 5. The van der Waals surface area contributed by atoms with Gasteiger partial charge in [-0.3, -0.25) is 0 Å². The van der Waals surface area contributed by atoms with Crippen molar-refractivity contribution in [2.45, 2.75) is 32.9 Å². The molecule has 1 aliphatic heterocycles. The average Bonchev–Trinajstić information content (AvgIpc) is 3.51. The second-order valence-corrected chi connectivity index (χ2v) is 11.3. The van der Waals surface area contributed by atoms with Crippen molar-refractivity contribution >= 4 is 17.0 Å². The van der Waals surface area contributed by atoms with Crippen molar-refractivity contribution in [1.29, 1.82) is 0 Å². The molecule has 0 saturated carbocycles. The van der Waals surface area contributed by atoms with Gasteiger partial charge in [-0.15, -0.1) is 0 Å². The minimum atomic E-state index is -1.07. The molecule has 0 aliphatic carbocycles. The number of aromatic nitrogens is 3. The van der Waals surface area contributed by atoms with Crippen LogP contribution in [0.15, 0.2) is 72.8 Å². The summed E-state index contributed by atoms with van der Waals surface area (Å²) in [7, 11) is 0. The van der Waals surface area contributed by atoms with Gasteiger partial charge in [-0.25, -0.2) is 27.9 Å². The fourth-order valence-corrected chi connectivity index (χ4v) is 5.40. The predicted octanol–water partition coefficient (Wildman–Crippen LogP) is 6.98. The molecule has 5 aromatic rings. The first kappa shape index (κ1) is 28.4. The second-order valence-electron chi connectivity index (χ2n) is 11.3. The molecule has 1 N–H and O–H groups in total. The van der Waals surface area contributed by atoms with Crippen molar-refractivity contribution in [1.82, 2.24) is 14.5 Å². The van der Waals surface area contributed by atoms with Crippen LogP contribution in [0.25, 0.3) is 22.3 Å². The Kier molecular flexibility index (Phi) is 7.39.